The maximum Gasteiger partial charge on any atom is 0.194 e. The van der Waals surface area contributed by atoms with Crippen LogP contribution in [-0.4, -0.2) is 63.0 Å². The summed E-state index contributed by atoms with van der Waals surface area (Å²) in [6.07, 6.45) is 2.58. The third-order valence-electron chi connectivity index (χ3n) is 4.99. The molecule has 1 N–H and O–H groups in total. The summed E-state index contributed by atoms with van der Waals surface area (Å²) in [7, 11) is 1.71. The molecule has 0 saturated carbocycles. The van der Waals surface area contributed by atoms with Crippen molar-refractivity contribution in [2.24, 2.45) is 4.99 Å². The summed E-state index contributed by atoms with van der Waals surface area (Å²) in [4.78, 5) is 7.15. The van der Waals surface area contributed by atoms with E-state index in [1.165, 1.54) is 0 Å². The lowest BCUT2D eigenvalue weighted by atomic mass is 10.1. The van der Waals surface area contributed by atoms with Crippen LogP contribution in [0.25, 0.3) is 0 Å². The predicted molar refractivity (Wildman–Crippen MR) is 118 cm³/mol. The Labute approximate surface area is 179 Å². The second-order valence-corrected chi connectivity index (χ2v) is 6.88. The number of benzene rings is 1. The molecule has 152 valence electrons. The van der Waals surface area contributed by atoms with Crippen molar-refractivity contribution in [3.05, 3.63) is 29.3 Å². The van der Waals surface area contributed by atoms with Crippen LogP contribution in [0.4, 0.5) is 0 Å². The highest BCUT2D eigenvalue weighted by Gasteiger charge is 2.32. The van der Waals surface area contributed by atoms with Gasteiger partial charge in [-0.15, -0.1) is 24.0 Å². The fourth-order valence-electron chi connectivity index (χ4n) is 3.54. The Balaban J connectivity index is 0.00000261. The van der Waals surface area contributed by atoms with Crippen LogP contribution in [0.3, 0.4) is 0 Å². The fraction of sp³-hybridized carbons (Fsp3) is 0.650. The normalized spacial score (nSPS) is 23.1. The number of guanidine groups is 1. The Kier molecular flexibility index (Phi) is 9.11. The van der Waals surface area contributed by atoms with E-state index in [4.69, 9.17) is 19.2 Å². The van der Waals surface area contributed by atoms with Gasteiger partial charge in [0.1, 0.15) is 11.9 Å². The van der Waals surface area contributed by atoms with Gasteiger partial charge in [-0.05, 0) is 43.9 Å². The van der Waals surface area contributed by atoms with E-state index in [0.29, 0.717) is 13.2 Å². The quantitative estimate of drug-likeness (QED) is 0.392. The van der Waals surface area contributed by atoms with Crippen LogP contribution in [0.1, 0.15) is 30.9 Å². The van der Waals surface area contributed by atoms with E-state index < -0.39 is 0 Å². The van der Waals surface area contributed by atoms with Crippen molar-refractivity contribution >= 4 is 29.9 Å². The van der Waals surface area contributed by atoms with Crippen molar-refractivity contribution in [3.63, 3.8) is 0 Å². The SMILES string of the molecule is CCNC(=NCc1ccc(C)c(OC)c1)N1CCOC(C2CCCO2)C1.I. The molecule has 1 aromatic rings. The number of hydrogen-bond donors (Lipinski definition) is 1. The van der Waals surface area contributed by atoms with E-state index in [1.807, 2.05) is 0 Å². The third kappa shape index (κ3) is 5.96. The molecule has 27 heavy (non-hydrogen) atoms. The van der Waals surface area contributed by atoms with Crippen molar-refractivity contribution in [2.45, 2.75) is 45.4 Å². The number of aryl methyl sites for hydroxylation is 1. The largest absolute Gasteiger partial charge is 0.496 e. The maximum atomic E-state index is 5.96. The molecule has 2 saturated heterocycles. The molecular formula is C20H32IN3O3. The van der Waals surface area contributed by atoms with Gasteiger partial charge in [0.2, 0.25) is 0 Å². The summed E-state index contributed by atoms with van der Waals surface area (Å²) in [6, 6.07) is 6.26. The van der Waals surface area contributed by atoms with Gasteiger partial charge in [0.15, 0.2) is 5.96 Å². The zero-order valence-corrected chi connectivity index (χ0v) is 18.9. The molecule has 3 rings (SSSR count). The molecule has 1 aromatic carbocycles. The second-order valence-electron chi connectivity index (χ2n) is 6.88. The molecule has 0 amide bonds. The lowest BCUT2D eigenvalue weighted by Gasteiger charge is -2.37. The molecule has 2 fully saturated rings. The Bertz CT molecular complexity index is 620. The van der Waals surface area contributed by atoms with Crippen LogP contribution in [0, 0.1) is 6.92 Å². The van der Waals surface area contributed by atoms with E-state index in [0.717, 1.165) is 61.9 Å². The fourth-order valence-corrected chi connectivity index (χ4v) is 3.54. The molecule has 2 aliphatic rings. The van der Waals surface area contributed by atoms with Crippen molar-refractivity contribution in [1.29, 1.82) is 0 Å². The first-order valence-electron chi connectivity index (χ1n) is 9.61. The molecule has 0 radical (unpaired) electrons. The minimum atomic E-state index is 0. The highest BCUT2D eigenvalue weighted by molar-refractivity contribution is 14.0. The minimum absolute atomic E-state index is 0. The van der Waals surface area contributed by atoms with Gasteiger partial charge in [-0.25, -0.2) is 4.99 Å². The molecule has 0 spiro atoms. The number of hydrogen-bond acceptors (Lipinski definition) is 4. The first-order valence-corrected chi connectivity index (χ1v) is 9.61. The lowest BCUT2D eigenvalue weighted by Crippen LogP contribution is -2.53. The molecule has 7 heteroatoms. The molecule has 2 aliphatic heterocycles. The number of methoxy groups -OCH3 is 1. The van der Waals surface area contributed by atoms with Crippen LogP contribution in [-0.2, 0) is 16.0 Å². The number of nitrogens with one attached hydrogen (secondary N) is 1. The smallest absolute Gasteiger partial charge is 0.194 e. The molecular weight excluding hydrogens is 457 g/mol. The molecule has 0 aliphatic carbocycles. The monoisotopic (exact) mass is 489 g/mol. The van der Waals surface area contributed by atoms with Gasteiger partial charge in [0, 0.05) is 26.2 Å². The van der Waals surface area contributed by atoms with Gasteiger partial charge in [-0.1, -0.05) is 12.1 Å². The molecule has 2 unspecified atom stereocenters. The van der Waals surface area contributed by atoms with Crippen molar-refractivity contribution in [2.75, 3.05) is 40.0 Å². The van der Waals surface area contributed by atoms with Gasteiger partial charge in [0.25, 0.3) is 0 Å². The summed E-state index contributed by atoms with van der Waals surface area (Å²) in [5.74, 6) is 1.85. The average molecular weight is 489 g/mol. The van der Waals surface area contributed by atoms with Gasteiger partial charge in [0.05, 0.1) is 26.4 Å². The van der Waals surface area contributed by atoms with E-state index >= 15 is 0 Å². The highest BCUT2D eigenvalue weighted by atomic mass is 127. The van der Waals surface area contributed by atoms with Crippen molar-refractivity contribution in [1.82, 2.24) is 10.2 Å². The number of aliphatic imine (C=N–C) groups is 1. The standard InChI is InChI=1S/C20H31N3O3.HI/c1-4-21-20(22-13-16-8-7-15(2)18(12-16)24-3)23-9-11-26-19(14-23)17-6-5-10-25-17;/h7-8,12,17,19H,4-6,9-11,13-14H2,1-3H3,(H,21,22);1H. The summed E-state index contributed by atoms with van der Waals surface area (Å²) in [6.45, 7) is 8.87. The minimum Gasteiger partial charge on any atom is -0.496 e. The summed E-state index contributed by atoms with van der Waals surface area (Å²) < 4.78 is 17.2. The van der Waals surface area contributed by atoms with E-state index in [2.05, 4.69) is 42.3 Å². The number of rotatable bonds is 5. The van der Waals surface area contributed by atoms with Crippen LogP contribution in [0.15, 0.2) is 23.2 Å². The lowest BCUT2D eigenvalue weighted by molar-refractivity contribution is -0.0817. The number of nitrogens with zero attached hydrogens (tertiary/aromatic N) is 2. The predicted octanol–water partition coefficient (Wildman–Crippen LogP) is 2.97. The molecule has 0 bridgehead atoms. The van der Waals surface area contributed by atoms with Crippen molar-refractivity contribution in [3.8, 4) is 5.75 Å². The Morgan fingerprint density at radius 3 is 2.81 bits per heavy atom. The second kappa shape index (κ2) is 11.1. The molecule has 6 nitrogen and oxygen atoms in total. The van der Waals surface area contributed by atoms with Gasteiger partial charge < -0.3 is 24.4 Å². The van der Waals surface area contributed by atoms with Gasteiger partial charge in [-0.3, -0.25) is 0 Å². The number of morpholine rings is 1. The van der Waals surface area contributed by atoms with Crippen molar-refractivity contribution < 1.29 is 14.2 Å². The van der Waals surface area contributed by atoms with E-state index in [9.17, 15) is 0 Å². The summed E-state index contributed by atoms with van der Waals surface area (Å²) in [5, 5.41) is 3.42. The Morgan fingerprint density at radius 1 is 1.30 bits per heavy atom. The molecule has 2 heterocycles. The highest BCUT2D eigenvalue weighted by Crippen LogP contribution is 2.22. The molecule has 2 atom stereocenters. The van der Waals surface area contributed by atoms with E-state index in [1.54, 1.807) is 7.11 Å². The number of halogens is 1. The zero-order chi connectivity index (χ0) is 18.4. The summed E-state index contributed by atoms with van der Waals surface area (Å²) in [5.41, 5.74) is 2.28. The average Bonchev–Trinajstić information content (AvgIpc) is 3.21. The van der Waals surface area contributed by atoms with Gasteiger partial charge >= 0.3 is 0 Å². The Morgan fingerprint density at radius 2 is 2.11 bits per heavy atom. The van der Waals surface area contributed by atoms with Gasteiger partial charge in [-0.2, -0.15) is 0 Å². The molecule has 0 aromatic heterocycles. The zero-order valence-electron chi connectivity index (χ0n) is 16.6. The first-order chi connectivity index (χ1) is 12.7. The van der Waals surface area contributed by atoms with Crippen LogP contribution in [0.5, 0.6) is 5.75 Å². The topological polar surface area (TPSA) is 55.3 Å². The third-order valence-corrected chi connectivity index (χ3v) is 4.99. The summed E-state index contributed by atoms with van der Waals surface area (Å²) >= 11 is 0. The first kappa shape index (κ1) is 22.2. The maximum absolute atomic E-state index is 5.96. The van der Waals surface area contributed by atoms with Crippen LogP contribution >= 0.6 is 24.0 Å². The van der Waals surface area contributed by atoms with Crippen LogP contribution < -0.4 is 10.1 Å². The van der Waals surface area contributed by atoms with E-state index in [-0.39, 0.29) is 36.2 Å². The van der Waals surface area contributed by atoms with Crippen LogP contribution in [0.2, 0.25) is 0 Å². The number of ether oxygens (including phenoxy) is 3. The Hall–Kier alpha value is -1.06.